The maximum absolute atomic E-state index is 9.61. The van der Waals surface area contributed by atoms with Crippen molar-refractivity contribution in [3.63, 3.8) is 0 Å². The third-order valence-corrected chi connectivity index (χ3v) is 2.47. The Balaban J connectivity index is 2.46. The predicted molar refractivity (Wildman–Crippen MR) is 50.7 cm³/mol. The molecule has 1 rings (SSSR count). The zero-order chi connectivity index (χ0) is 9.84. The van der Waals surface area contributed by atoms with Crippen molar-refractivity contribution in [2.75, 3.05) is 27.2 Å². The zero-order valence-electron chi connectivity index (χ0n) is 8.48. The molecule has 0 aliphatic carbocycles. The van der Waals surface area contributed by atoms with Crippen LogP contribution < -0.4 is 0 Å². The minimum Gasteiger partial charge on any atom is -0.393 e. The maximum Gasteiger partial charge on any atom is 0.0557 e. The summed E-state index contributed by atoms with van der Waals surface area (Å²) < 4.78 is 0. The van der Waals surface area contributed by atoms with Crippen LogP contribution in [0, 0.1) is 0 Å². The van der Waals surface area contributed by atoms with E-state index < -0.39 is 0 Å². The lowest BCUT2D eigenvalue weighted by Gasteiger charge is -2.27. The van der Waals surface area contributed by atoms with Gasteiger partial charge in [0.15, 0.2) is 0 Å². The number of likely N-dealkylation sites (N-methyl/N-ethyl adjacent to an activating group) is 1. The number of nitrogens with zero attached hydrogens (tertiary/aromatic N) is 2. The van der Waals surface area contributed by atoms with Crippen LogP contribution in [-0.4, -0.2) is 59.6 Å². The van der Waals surface area contributed by atoms with E-state index in [9.17, 15) is 10.3 Å². The molecule has 4 nitrogen and oxygen atoms in total. The summed E-state index contributed by atoms with van der Waals surface area (Å²) in [6.07, 6.45) is 2.11. The molecular formula is C9H20N2O2. The van der Waals surface area contributed by atoms with Crippen LogP contribution in [-0.2, 0) is 0 Å². The van der Waals surface area contributed by atoms with Crippen LogP contribution >= 0.6 is 0 Å². The summed E-state index contributed by atoms with van der Waals surface area (Å²) in [5.74, 6) is 0. The van der Waals surface area contributed by atoms with Crippen molar-refractivity contribution in [3.05, 3.63) is 0 Å². The summed E-state index contributed by atoms with van der Waals surface area (Å²) in [6.45, 7) is 1.48. The maximum atomic E-state index is 9.61. The van der Waals surface area contributed by atoms with Crippen molar-refractivity contribution in [2.24, 2.45) is 0 Å². The average Bonchev–Trinajstić information content (AvgIpc) is 2.14. The number of aliphatic hydroxyl groups is 1. The van der Waals surface area contributed by atoms with E-state index in [1.54, 1.807) is 0 Å². The molecule has 0 spiro atoms. The topological polar surface area (TPSA) is 46.9 Å². The second-order valence-electron chi connectivity index (χ2n) is 4.11. The minimum absolute atomic E-state index is 0.0764. The number of rotatable bonds is 2. The molecule has 1 saturated heterocycles. The molecule has 2 unspecified atom stereocenters. The van der Waals surface area contributed by atoms with Gasteiger partial charge in [0.2, 0.25) is 0 Å². The summed E-state index contributed by atoms with van der Waals surface area (Å²) in [6, 6.07) is 0.0764. The fourth-order valence-electron chi connectivity index (χ4n) is 1.82. The number of hydrogen-bond donors (Lipinski definition) is 2. The summed E-state index contributed by atoms with van der Waals surface area (Å²) in [5.41, 5.74) is 0. The van der Waals surface area contributed by atoms with Gasteiger partial charge in [0.1, 0.15) is 0 Å². The molecule has 0 aromatic rings. The van der Waals surface area contributed by atoms with Crippen LogP contribution in [0.4, 0.5) is 0 Å². The lowest BCUT2D eigenvalue weighted by atomic mass is 10.1. The van der Waals surface area contributed by atoms with Crippen molar-refractivity contribution >= 4 is 0 Å². The van der Waals surface area contributed by atoms with E-state index in [0.29, 0.717) is 13.0 Å². The van der Waals surface area contributed by atoms with Crippen molar-refractivity contribution < 1.29 is 10.3 Å². The highest BCUT2D eigenvalue weighted by atomic mass is 16.5. The molecule has 0 aromatic heterocycles. The molecule has 0 saturated carbocycles. The van der Waals surface area contributed by atoms with E-state index in [-0.39, 0.29) is 12.1 Å². The predicted octanol–water partition coefficient (Wildman–Crippen LogP) is 0.153. The molecule has 0 aromatic carbocycles. The summed E-state index contributed by atoms with van der Waals surface area (Å²) in [4.78, 5) is 2.03. The normalized spacial score (nSPS) is 32.1. The average molecular weight is 188 g/mol. The van der Waals surface area contributed by atoms with E-state index in [1.807, 2.05) is 19.0 Å². The third kappa shape index (κ3) is 3.60. The van der Waals surface area contributed by atoms with Crippen LogP contribution in [0.1, 0.15) is 19.3 Å². The van der Waals surface area contributed by atoms with Crippen molar-refractivity contribution in [3.8, 4) is 0 Å². The quantitative estimate of drug-likeness (QED) is 0.647. The van der Waals surface area contributed by atoms with Crippen LogP contribution in [0.5, 0.6) is 0 Å². The van der Waals surface area contributed by atoms with Crippen LogP contribution in [0.15, 0.2) is 0 Å². The zero-order valence-corrected chi connectivity index (χ0v) is 8.48. The van der Waals surface area contributed by atoms with E-state index >= 15 is 0 Å². The second kappa shape index (κ2) is 4.91. The molecule has 78 valence electrons. The van der Waals surface area contributed by atoms with Gasteiger partial charge in [-0.15, -0.1) is 0 Å². The fourth-order valence-corrected chi connectivity index (χ4v) is 1.82. The first-order valence-corrected chi connectivity index (χ1v) is 4.88. The molecule has 2 atom stereocenters. The molecule has 2 N–H and O–H groups in total. The molecule has 4 heteroatoms. The highest BCUT2D eigenvalue weighted by Crippen LogP contribution is 2.15. The number of hydroxylamine groups is 2. The van der Waals surface area contributed by atoms with Gasteiger partial charge in [-0.3, -0.25) is 0 Å². The first kappa shape index (κ1) is 10.9. The largest absolute Gasteiger partial charge is 0.393 e. The molecule has 0 bridgehead atoms. The Labute approximate surface area is 79.7 Å². The number of hydrogen-bond acceptors (Lipinski definition) is 4. The molecule has 0 amide bonds. The second-order valence-corrected chi connectivity index (χ2v) is 4.11. The molecule has 0 radical (unpaired) electrons. The molecule has 13 heavy (non-hydrogen) atoms. The minimum atomic E-state index is -0.248. The molecule has 1 fully saturated rings. The fraction of sp³-hybridized carbons (Fsp3) is 1.00. The van der Waals surface area contributed by atoms with E-state index in [1.165, 1.54) is 5.06 Å². The molecule has 1 aliphatic rings. The van der Waals surface area contributed by atoms with Gasteiger partial charge >= 0.3 is 0 Å². The van der Waals surface area contributed by atoms with Gasteiger partial charge in [-0.2, -0.15) is 5.06 Å². The van der Waals surface area contributed by atoms with E-state index in [4.69, 9.17) is 0 Å². The Morgan fingerprint density at radius 1 is 1.46 bits per heavy atom. The highest BCUT2D eigenvalue weighted by molar-refractivity contribution is 4.76. The number of aliphatic hydroxyl groups excluding tert-OH is 1. The highest BCUT2D eigenvalue weighted by Gasteiger charge is 2.24. The van der Waals surface area contributed by atoms with Crippen LogP contribution in [0.25, 0.3) is 0 Å². The molecule has 1 aliphatic heterocycles. The van der Waals surface area contributed by atoms with E-state index in [0.717, 1.165) is 19.4 Å². The summed E-state index contributed by atoms with van der Waals surface area (Å²) in [5, 5.41) is 20.5. The van der Waals surface area contributed by atoms with Gasteiger partial charge in [-0.05, 0) is 33.4 Å². The Morgan fingerprint density at radius 2 is 2.15 bits per heavy atom. The lowest BCUT2D eigenvalue weighted by Crippen LogP contribution is -2.40. The Kier molecular flexibility index (Phi) is 4.12. The first-order valence-electron chi connectivity index (χ1n) is 4.88. The molecular weight excluding hydrogens is 168 g/mol. The van der Waals surface area contributed by atoms with Crippen molar-refractivity contribution in [2.45, 2.75) is 31.4 Å². The van der Waals surface area contributed by atoms with Gasteiger partial charge in [0.25, 0.3) is 0 Å². The van der Waals surface area contributed by atoms with Gasteiger partial charge in [-0.25, -0.2) is 0 Å². The van der Waals surface area contributed by atoms with Gasteiger partial charge in [0.05, 0.1) is 12.1 Å². The third-order valence-electron chi connectivity index (χ3n) is 2.47. The Hall–Kier alpha value is -0.160. The lowest BCUT2D eigenvalue weighted by molar-refractivity contribution is -0.131. The van der Waals surface area contributed by atoms with Crippen LogP contribution in [0.3, 0.4) is 0 Å². The van der Waals surface area contributed by atoms with E-state index in [2.05, 4.69) is 0 Å². The Bertz CT molecular complexity index is 153. The first-order chi connectivity index (χ1) is 6.09. The SMILES string of the molecule is CN(C)CC1CC(O)CCCN1O. The van der Waals surface area contributed by atoms with Gasteiger partial charge in [-0.1, -0.05) is 0 Å². The van der Waals surface area contributed by atoms with Crippen molar-refractivity contribution in [1.82, 2.24) is 9.96 Å². The van der Waals surface area contributed by atoms with Gasteiger partial charge < -0.3 is 15.2 Å². The summed E-state index contributed by atoms with van der Waals surface area (Å²) >= 11 is 0. The summed E-state index contributed by atoms with van der Waals surface area (Å²) in [7, 11) is 3.95. The smallest absolute Gasteiger partial charge is 0.0557 e. The standard InChI is InChI=1S/C9H20N2O2/c1-10(2)7-8-6-9(12)4-3-5-11(8)13/h8-9,12-13H,3-7H2,1-2H3. The molecule has 1 heterocycles. The Morgan fingerprint density at radius 3 is 2.77 bits per heavy atom. The van der Waals surface area contributed by atoms with Crippen molar-refractivity contribution in [1.29, 1.82) is 0 Å². The van der Waals surface area contributed by atoms with Crippen LogP contribution in [0.2, 0.25) is 0 Å². The van der Waals surface area contributed by atoms with Gasteiger partial charge in [0, 0.05) is 13.1 Å². The monoisotopic (exact) mass is 188 g/mol.